The Morgan fingerprint density at radius 3 is 1.54 bits per heavy atom. The van der Waals surface area contributed by atoms with E-state index in [4.69, 9.17) is 19.7 Å². The van der Waals surface area contributed by atoms with Crippen LogP contribution in [-0.2, 0) is 33.4 Å². The average Bonchev–Trinajstić information content (AvgIpc) is 2.55. The summed E-state index contributed by atoms with van der Waals surface area (Å²) in [5.41, 5.74) is 0. The average molecular weight is 402 g/mol. The summed E-state index contributed by atoms with van der Waals surface area (Å²) < 4.78 is 10.2. The molecule has 2 aliphatic carbocycles. The summed E-state index contributed by atoms with van der Waals surface area (Å²) in [5.74, 6) is -3.95. The molecule has 0 bridgehead atoms. The number of carbonyl (C=O) groups excluding carboxylic acids is 3. The van der Waals surface area contributed by atoms with E-state index in [1.54, 1.807) is 0 Å². The second-order valence-corrected chi connectivity index (χ2v) is 6.66. The molecule has 1 heterocycles. The van der Waals surface area contributed by atoms with Crippen molar-refractivity contribution in [3.63, 3.8) is 0 Å². The number of hydrogen-bond donors (Lipinski definition) is 2. The van der Waals surface area contributed by atoms with Gasteiger partial charge in [-0.2, -0.15) is 0 Å². The van der Waals surface area contributed by atoms with Crippen LogP contribution < -0.4 is 0 Å². The third kappa shape index (κ3) is 10.6. The van der Waals surface area contributed by atoms with Gasteiger partial charge < -0.3 is 19.7 Å². The minimum absolute atomic E-state index is 0. The first-order valence-corrected chi connectivity index (χ1v) is 9.11. The number of carbonyl (C=O) groups is 5. The number of carboxylic acid groups (broad SMARTS) is 2. The van der Waals surface area contributed by atoms with Crippen molar-refractivity contribution in [2.45, 2.75) is 90.3 Å². The van der Waals surface area contributed by atoms with Gasteiger partial charge in [-0.3, -0.25) is 24.0 Å². The summed E-state index contributed by atoms with van der Waals surface area (Å²) >= 11 is 0. The number of aliphatic carboxylic acids is 2. The third-order valence-electron chi connectivity index (χ3n) is 4.22. The van der Waals surface area contributed by atoms with E-state index in [0.717, 1.165) is 44.9 Å². The fourth-order valence-corrected chi connectivity index (χ4v) is 3.00. The van der Waals surface area contributed by atoms with Crippen molar-refractivity contribution >= 4 is 29.7 Å². The molecule has 3 fully saturated rings. The van der Waals surface area contributed by atoms with Crippen LogP contribution in [0.4, 0.5) is 0 Å². The smallest absolute Gasteiger partial charge is 0.320 e. The summed E-state index contributed by atoms with van der Waals surface area (Å²) in [6.07, 6.45) is 8.55. The zero-order valence-corrected chi connectivity index (χ0v) is 15.2. The van der Waals surface area contributed by atoms with Gasteiger partial charge in [-0.1, -0.05) is 20.3 Å². The molecule has 0 aromatic carbocycles. The molecule has 9 heteroatoms. The van der Waals surface area contributed by atoms with Gasteiger partial charge in [-0.15, -0.1) is 0 Å². The van der Waals surface area contributed by atoms with Gasteiger partial charge in [0.15, 0.2) is 0 Å². The lowest BCUT2D eigenvalue weighted by Gasteiger charge is -2.38. The van der Waals surface area contributed by atoms with Gasteiger partial charge in [-0.05, 0) is 25.7 Å². The largest absolute Gasteiger partial charge is 0.481 e. The standard InChI is InChI=1S/C9H12O4.C6H10O.C3H4O4.CH4/c10-7-6-8(11)13-9(12-7)4-2-1-3-5-9;7-6-4-2-1-3-5-6;4-2(5)1-3(6)7;/h1-6H2;1-5H2;1H2,(H,4,5)(H,6,7);1H4. The molecule has 9 nitrogen and oxygen atoms in total. The number of hydrogen-bond acceptors (Lipinski definition) is 7. The predicted octanol–water partition coefficient (Wildman–Crippen LogP) is 2.84. The van der Waals surface area contributed by atoms with Crippen molar-refractivity contribution in [1.82, 2.24) is 0 Å². The van der Waals surface area contributed by atoms with Gasteiger partial charge in [0.2, 0.25) is 0 Å². The molecule has 3 rings (SSSR count). The summed E-state index contributed by atoms with van der Waals surface area (Å²) in [5, 5.41) is 15.4. The van der Waals surface area contributed by atoms with E-state index in [9.17, 15) is 24.0 Å². The fourth-order valence-electron chi connectivity index (χ4n) is 3.00. The summed E-state index contributed by atoms with van der Waals surface area (Å²) in [6.45, 7) is 0. The maximum atomic E-state index is 11.0. The van der Waals surface area contributed by atoms with E-state index in [2.05, 4.69) is 0 Å². The molecule has 0 unspecified atom stereocenters. The summed E-state index contributed by atoms with van der Waals surface area (Å²) in [4.78, 5) is 51.4. The van der Waals surface area contributed by atoms with E-state index < -0.39 is 36.1 Å². The van der Waals surface area contributed by atoms with Crippen LogP contribution in [0.25, 0.3) is 0 Å². The topological polar surface area (TPSA) is 144 Å². The van der Waals surface area contributed by atoms with E-state index in [0.29, 0.717) is 18.6 Å². The van der Waals surface area contributed by atoms with Gasteiger partial charge in [-0.25, -0.2) is 0 Å². The highest BCUT2D eigenvalue weighted by atomic mass is 16.7. The van der Waals surface area contributed by atoms with Crippen molar-refractivity contribution < 1.29 is 43.7 Å². The zero-order chi connectivity index (χ0) is 20.3. The lowest BCUT2D eigenvalue weighted by molar-refractivity contribution is -0.252. The third-order valence-corrected chi connectivity index (χ3v) is 4.22. The number of ketones is 1. The van der Waals surface area contributed by atoms with Gasteiger partial charge in [0, 0.05) is 25.7 Å². The molecule has 28 heavy (non-hydrogen) atoms. The van der Waals surface area contributed by atoms with Crippen LogP contribution in [0.2, 0.25) is 0 Å². The van der Waals surface area contributed by atoms with Gasteiger partial charge in [0.1, 0.15) is 18.6 Å². The molecule has 1 spiro atoms. The highest BCUT2D eigenvalue weighted by Gasteiger charge is 2.43. The quantitative estimate of drug-likeness (QED) is 0.526. The maximum Gasteiger partial charge on any atom is 0.320 e. The molecule has 2 saturated carbocycles. The minimum Gasteiger partial charge on any atom is -0.481 e. The lowest BCUT2D eigenvalue weighted by atomic mass is 9.93. The molecule has 1 aliphatic heterocycles. The second kappa shape index (κ2) is 12.9. The molecule has 0 aromatic heterocycles. The number of ether oxygens (including phenoxy) is 2. The molecule has 0 amide bonds. The molecule has 3 aliphatic rings. The van der Waals surface area contributed by atoms with Crippen LogP contribution >= 0.6 is 0 Å². The molecule has 160 valence electrons. The van der Waals surface area contributed by atoms with Crippen LogP contribution in [0.3, 0.4) is 0 Å². The fraction of sp³-hybridized carbons (Fsp3) is 0.737. The molecular weight excluding hydrogens is 372 g/mol. The van der Waals surface area contributed by atoms with Gasteiger partial charge >= 0.3 is 23.9 Å². The normalized spacial score (nSPS) is 20.1. The van der Waals surface area contributed by atoms with Crippen molar-refractivity contribution in [2.75, 3.05) is 0 Å². The van der Waals surface area contributed by atoms with E-state index in [1.807, 2.05) is 0 Å². The van der Waals surface area contributed by atoms with Crippen molar-refractivity contribution in [3.05, 3.63) is 0 Å². The minimum atomic E-state index is -1.31. The number of rotatable bonds is 2. The molecule has 0 atom stereocenters. The van der Waals surface area contributed by atoms with Crippen molar-refractivity contribution in [2.24, 2.45) is 0 Å². The van der Waals surface area contributed by atoms with Crippen molar-refractivity contribution in [3.8, 4) is 0 Å². The molecule has 1 saturated heterocycles. The van der Waals surface area contributed by atoms with Crippen LogP contribution in [0.15, 0.2) is 0 Å². The molecule has 2 N–H and O–H groups in total. The van der Waals surface area contributed by atoms with Gasteiger partial charge in [0.05, 0.1) is 0 Å². The Kier molecular flexibility index (Phi) is 11.7. The lowest BCUT2D eigenvalue weighted by Crippen LogP contribution is -2.46. The Balaban J connectivity index is 0.000000419. The van der Waals surface area contributed by atoms with E-state index in [-0.39, 0.29) is 13.8 Å². The number of carboxylic acids is 2. The SMILES string of the molecule is C.O=C(O)CC(=O)O.O=C1CC(=O)OC2(CCCCC2)O1.O=C1CCCCC1. The Morgan fingerprint density at radius 2 is 1.21 bits per heavy atom. The first kappa shape index (κ1) is 25.6. The Bertz CT molecular complexity index is 524. The van der Waals surface area contributed by atoms with Crippen molar-refractivity contribution in [1.29, 1.82) is 0 Å². The first-order chi connectivity index (χ1) is 12.7. The van der Waals surface area contributed by atoms with E-state index in [1.165, 1.54) is 6.42 Å². The number of Topliss-reactive ketones (excluding diaryl/α,β-unsaturated/α-hetero) is 1. The van der Waals surface area contributed by atoms with Crippen LogP contribution in [0.1, 0.15) is 84.5 Å². The Morgan fingerprint density at radius 1 is 0.786 bits per heavy atom. The summed E-state index contributed by atoms with van der Waals surface area (Å²) in [7, 11) is 0. The molecular formula is C19H30O9. The molecule has 0 radical (unpaired) electrons. The van der Waals surface area contributed by atoms with Crippen LogP contribution in [0.5, 0.6) is 0 Å². The highest BCUT2D eigenvalue weighted by Crippen LogP contribution is 2.35. The van der Waals surface area contributed by atoms with Crippen LogP contribution in [0, 0.1) is 0 Å². The molecule has 0 aromatic rings. The van der Waals surface area contributed by atoms with Crippen LogP contribution in [-0.4, -0.2) is 45.7 Å². The predicted molar refractivity (Wildman–Crippen MR) is 97.3 cm³/mol. The highest BCUT2D eigenvalue weighted by molar-refractivity contribution is 5.93. The number of esters is 2. The maximum absolute atomic E-state index is 11.0. The Labute approximate surface area is 164 Å². The first-order valence-electron chi connectivity index (χ1n) is 9.11. The zero-order valence-electron chi connectivity index (χ0n) is 15.2. The second-order valence-electron chi connectivity index (χ2n) is 6.66. The summed E-state index contributed by atoms with van der Waals surface area (Å²) in [6, 6.07) is 0. The monoisotopic (exact) mass is 402 g/mol. The van der Waals surface area contributed by atoms with E-state index >= 15 is 0 Å². The van der Waals surface area contributed by atoms with Gasteiger partial charge in [0.25, 0.3) is 5.79 Å². The Hall–Kier alpha value is -2.45.